The summed E-state index contributed by atoms with van der Waals surface area (Å²) in [6, 6.07) is 28.2. The van der Waals surface area contributed by atoms with Crippen molar-refractivity contribution in [3.05, 3.63) is 155 Å². The van der Waals surface area contributed by atoms with Gasteiger partial charge in [-0.15, -0.1) is 0 Å². The smallest absolute Gasteiger partial charge is 0.177 e. The van der Waals surface area contributed by atoms with Crippen LogP contribution in [0.3, 0.4) is 0 Å². The van der Waals surface area contributed by atoms with E-state index >= 15 is 0 Å². The second kappa shape index (κ2) is 17.0. The van der Waals surface area contributed by atoms with E-state index in [0.29, 0.717) is 48.1 Å². The van der Waals surface area contributed by atoms with Gasteiger partial charge in [-0.25, -0.2) is 13.8 Å². The van der Waals surface area contributed by atoms with Gasteiger partial charge in [-0.3, -0.25) is 9.59 Å². The summed E-state index contributed by atoms with van der Waals surface area (Å²) in [7, 11) is 0. The molecule has 47 heavy (non-hydrogen) atoms. The number of nitrogens with zero attached hydrogens (tertiary/aromatic N) is 2. The van der Waals surface area contributed by atoms with Crippen LogP contribution in [0, 0.1) is 11.6 Å². The number of rotatable bonds is 12. The van der Waals surface area contributed by atoms with E-state index in [1.165, 1.54) is 38.1 Å². The molecule has 0 spiro atoms. The van der Waals surface area contributed by atoms with E-state index in [4.69, 9.17) is 20.0 Å². The van der Waals surface area contributed by atoms with E-state index in [2.05, 4.69) is 10.1 Å². The summed E-state index contributed by atoms with van der Waals surface area (Å²) in [6.07, 6.45) is 4.44. The van der Waals surface area contributed by atoms with Crippen LogP contribution in [0.2, 0.25) is 0 Å². The van der Waals surface area contributed by atoms with Gasteiger partial charge in [0, 0.05) is 37.1 Å². The van der Waals surface area contributed by atoms with Crippen LogP contribution in [0.1, 0.15) is 42.5 Å². The Labute approximate surface area is 271 Å². The highest BCUT2D eigenvalue weighted by Gasteiger charge is 2.17. The lowest BCUT2D eigenvalue weighted by Gasteiger charge is -2.08. The van der Waals surface area contributed by atoms with E-state index in [1.807, 2.05) is 60.7 Å². The second-order valence-electron chi connectivity index (χ2n) is 10.2. The topological polar surface area (TPSA) is 113 Å². The number of amidine groups is 1. The molecule has 1 aliphatic heterocycles. The van der Waals surface area contributed by atoms with E-state index in [1.54, 1.807) is 24.3 Å². The number of carbonyl (C=O) groups excluding carboxylic acids is 2. The molecule has 0 unspecified atom stereocenters. The maximum Gasteiger partial charge on any atom is 0.177 e. The minimum atomic E-state index is -0.582. The van der Waals surface area contributed by atoms with Gasteiger partial charge in [0.05, 0.1) is 11.3 Å². The summed E-state index contributed by atoms with van der Waals surface area (Å²) >= 11 is 0. The fraction of sp³-hybridized carbons (Fsp3) is 0.135. The number of allylic oxidation sites excluding steroid dienone is 3. The first-order valence-corrected chi connectivity index (χ1v) is 14.6. The summed E-state index contributed by atoms with van der Waals surface area (Å²) in [4.78, 5) is 30.9. The van der Waals surface area contributed by atoms with Crippen LogP contribution in [0.25, 0.3) is 0 Å². The highest BCUT2D eigenvalue weighted by molar-refractivity contribution is 6.08. The molecule has 0 fully saturated rings. The van der Waals surface area contributed by atoms with E-state index in [-0.39, 0.29) is 23.0 Å². The molecule has 0 amide bonds. The number of aliphatic imine (C=N–C) groups is 1. The number of oxime groups is 1. The highest BCUT2D eigenvalue weighted by atomic mass is 19.1. The average molecular weight is 638 g/mol. The number of carbonyl (C=O) groups is 2. The second-order valence-corrected chi connectivity index (χ2v) is 10.2. The highest BCUT2D eigenvalue weighted by Crippen LogP contribution is 2.23. The van der Waals surface area contributed by atoms with Crippen molar-refractivity contribution in [1.82, 2.24) is 0 Å². The van der Waals surface area contributed by atoms with Gasteiger partial charge in [0.25, 0.3) is 0 Å². The Morgan fingerprint density at radius 1 is 0.830 bits per heavy atom. The lowest BCUT2D eigenvalue weighted by Crippen LogP contribution is -2.15. The molecule has 1 heterocycles. The summed E-state index contributed by atoms with van der Waals surface area (Å²) in [5.41, 5.74) is 9.11. The molecule has 4 aromatic rings. The van der Waals surface area contributed by atoms with Gasteiger partial charge < -0.3 is 20.0 Å². The third-order valence-corrected chi connectivity index (χ3v) is 6.58. The number of nitrogens with two attached hydrogens (primary N) is 1. The molecule has 4 aromatic carbocycles. The van der Waals surface area contributed by atoms with Crippen LogP contribution in [0.5, 0.6) is 11.5 Å². The predicted molar refractivity (Wildman–Crippen MR) is 176 cm³/mol. The number of benzene rings is 4. The van der Waals surface area contributed by atoms with Crippen LogP contribution in [-0.4, -0.2) is 23.1 Å². The number of ether oxygens (including phenoxy) is 2. The number of halogens is 2. The summed E-state index contributed by atoms with van der Waals surface area (Å²) in [6.45, 7) is 3.54. The van der Waals surface area contributed by atoms with Crippen LogP contribution in [0.4, 0.5) is 8.78 Å². The molecule has 0 aliphatic carbocycles. The zero-order valence-electron chi connectivity index (χ0n) is 25.9. The minimum Gasteiger partial charge on any atom is -0.489 e. The molecular formula is C37H33F2N3O5. The molecule has 0 bridgehead atoms. The molecule has 0 saturated carbocycles. The Morgan fingerprint density at radius 3 is 1.91 bits per heavy atom. The van der Waals surface area contributed by atoms with Gasteiger partial charge in [-0.05, 0) is 48.4 Å². The molecule has 5 rings (SSSR count). The normalized spacial score (nSPS) is 12.5. The van der Waals surface area contributed by atoms with Gasteiger partial charge in [0.2, 0.25) is 0 Å². The van der Waals surface area contributed by atoms with Crippen molar-refractivity contribution < 1.29 is 32.7 Å². The standard InChI is InChI=1S/C19H16FNO2.C18H17FN2O3/c1-13(22)18-9-10-19(21-18)16-8-7-15(11-17(16)20)23-12-14-5-3-2-4-6-14;1-13(22)9-10-24-21-18(20)16-8-7-15(11-17(16)19)23-12-14-5-3-2-4-6-14/h2-9,11H,10,12H2,1H3;2-11H,12H2,1H3,(H2,20,21). The first-order chi connectivity index (χ1) is 22.7. The Kier molecular flexibility index (Phi) is 12.3. The number of hydrogen-bond donors (Lipinski definition) is 1. The molecule has 240 valence electrons. The van der Waals surface area contributed by atoms with Gasteiger partial charge >= 0.3 is 0 Å². The molecule has 8 nitrogen and oxygen atoms in total. The molecular weight excluding hydrogens is 604 g/mol. The maximum absolute atomic E-state index is 14.3. The molecule has 0 saturated heterocycles. The van der Waals surface area contributed by atoms with Gasteiger partial charge in [-0.2, -0.15) is 0 Å². The SMILES string of the molecule is CC(=O)C1=CCC(c2ccc(OCc3ccccc3)cc2F)=N1.CC(=O)C=CO/N=C(\N)c1ccc(OCc2ccccc2)cc1F. The molecule has 0 radical (unpaired) electrons. The van der Waals surface area contributed by atoms with E-state index in [0.717, 1.165) is 17.4 Å². The summed E-state index contributed by atoms with van der Waals surface area (Å²) < 4.78 is 39.5. The fourth-order valence-corrected chi connectivity index (χ4v) is 4.18. The fourth-order valence-electron chi connectivity index (χ4n) is 4.18. The van der Waals surface area contributed by atoms with Crippen molar-refractivity contribution in [3.8, 4) is 11.5 Å². The predicted octanol–water partition coefficient (Wildman–Crippen LogP) is 7.21. The van der Waals surface area contributed by atoms with Crippen molar-refractivity contribution in [1.29, 1.82) is 0 Å². The number of ketones is 2. The van der Waals surface area contributed by atoms with Gasteiger partial charge in [0.1, 0.15) is 48.3 Å². The van der Waals surface area contributed by atoms with Crippen molar-refractivity contribution >= 4 is 23.1 Å². The minimum absolute atomic E-state index is 0.0817. The average Bonchev–Trinajstić information content (AvgIpc) is 3.57. The Morgan fingerprint density at radius 2 is 1.40 bits per heavy atom. The van der Waals surface area contributed by atoms with Crippen LogP contribution < -0.4 is 15.2 Å². The first kappa shape index (κ1) is 34.0. The Balaban J connectivity index is 0.000000213. The van der Waals surface area contributed by atoms with Crippen molar-refractivity contribution in [2.75, 3.05) is 0 Å². The maximum atomic E-state index is 14.3. The number of hydrogen-bond acceptors (Lipinski definition) is 7. The van der Waals surface area contributed by atoms with Gasteiger partial charge in [-0.1, -0.05) is 65.8 Å². The quantitative estimate of drug-likeness (QED) is 0.0578. The zero-order valence-corrected chi connectivity index (χ0v) is 25.9. The summed E-state index contributed by atoms with van der Waals surface area (Å²) in [5.74, 6) is -0.583. The van der Waals surface area contributed by atoms with Crippen molar-refractivity contribution in [2.45, 2.75) is 33.5 Å². The third-order valence-electron chi connectivity index (χ3n) is 6.58. The summed E-state index contributed by atoms with van der Waals surface area (Å²) in [5, 5.41) is 3.53. The largest absolute Gasteiger partial charge is 0.489 e. The molecule has 1 aliphatic rings. The zero-order chi connectivity index (χ0) is 33.6. The van der Waals surface area contributed by atoms with Crippen molar-refractivity contribution in [3.63, 3.8) is 0 Å². The Hall–Kier alpha value is -5.90. The lowest BCUT2D eigenvalue weighted by molar-refractivity contribution is -0.114. The molecule has 0 atom stereocenters. The van der Waals surface area contributed by atoms with Crippen LogP contribution >= 0.6 is 0 Å². The van der Waals surface area contributed by atoms with E-state index in [9.17, 15) is 18.4 Å². The van der Waals surface area contributed by atoms with E-state index < -0.39 is 11.6 Å². The van der Waals surface area contributed by atoms with Crippen molar-refractivity contribution in [2.24, 2.45) is 15.9 Å². The van der Waals surface area contributed by atoms with Crippen LogP contribution in [-0.2, 0) is 27.6 Å². The van der Waals surface area contributed by atoms with Crippen LogP contribution in [0.15, 0.2) is 131 Å². The lowest BCUT2D eigenvalue weighted by atomic mass is 10.1. The first-order valence-electron chi connectivity index (χ1n) is 14.6. The third kappa shape index (κ3) is 10.6. The molecule has 2 N–H and O–H groups in total. The monoisotopic (exact) mass is 637 g/mol. The number of Topliss-reactive ketones (excluding diaryl/α,β-unsaturated/α-hetero) is 1. The Bertz CT molecular complexity index is 1820. The molecule has 0 aromatic heterocycles. The van der Waals surface area contributed by atoms with Gasteiger partial charge in [0.15, 0.2) is 17.4 Å². The molecule has 10 heteroatoms.